The first-order chi connectivity index (χ1) is 9.24. The predicted octanol–water partition coefficient (Wildman–Crippen LogP) is 2.89. The highest BCUT2D eigenvalue weighted by molar-refractivity contribution is 5.71. The van der Waals surface area contributed by atoms with Crippen molar-refractivity contribution in [2.75, 3.05) is 19.7 Å². The third-order valence-electron chi connectivity index (χ3n) is 3.30. The van der Waals surface area contributed by atoms with Gasteiger partial charge in [0.05, 0.1) is 12.3 Å². The summed E-state index contributed by atoms with van der Waals surface area (Å²) in [6.07, 6.45) is 5.59. The fraction of sp³-hybridized carbons (Fsp3) is 0.467. The number of aryl methyl sites for hydroxylation is 1. The molecule has 2 rings (SSSR count). The summed E-state index contributed by atoms with van der Waals surface area (Å²) in [7, 11) is 0. The van der Waals surface area contributed by atoms with Gasteiger partial charge in [0, 0.05) is 19.3 Å². The molecule has 0 spiro atoms. The molecule has 0 unspecified atom stereocenters. The molecule has 1 aliphatic heterocycles. The Labute approximate surface area is 114 Å². The molecule has 0 saturated carbocycles. The van der Waals surface area contributed by atoms with Crippen molar-refractivity contribution < 1.29 is 9.53 Å². The molecule has 0 atom stereocenters. The van der Waals surface area contributed by atoms with Crippen molar-refractivity contribution in [3.8, 4) is 0 Å². The smallest absolute Gasteiger partial charge is 0.410 e. The molecule has 0 fully saturated rings. The summed E-state index contributed by atoms with van der Waals surface area (Å²) in [5, 5.41) is 0. The topological polar surface area (TPSA) is 42.4 Å². The van der Waals surface area contributed by atoms with Crippen LogP contribution in [0.5, 0.6) is 0 Å². The number of amides is 1. The molecule has 102 valence electrons. The van der Waals surface area contributed by atoms with E-state index < -0.39 is 0 Å². The minimum Gasteiger partial charge on any atom is -0.450 e. The fourth-order valence-corrected chi connectivity index (χ4v) is 2.11. The van der Waals surface area contributed by atoms with Crippen molar-refractivity contribution in [2.24, 2.45) is 0 Å². The molecule has 4 nitrogen and oxygen atoms in total. The van der Waals surface area contributed by atoms with E-state index >= 15 is 0 Å². The van der Waals surface area contributed by atoms with Crippen molar-refractivity contribution in [3.05, 3.63) is 35.7 Å². The Bertz CT molecular complexity index is 466. The van der Waals surface area contributed by atoms with Gasteiger partial charge in [0.2, 0.25) is 0 Å². The van der Waals surface area contributed by atoms with E-state index in [0.717, 1.165) is 18.5 Å². The van der Waals surface area contributed by atoms with Crippen molar-refractivity contribution in [2.45, 2.75) is 26.7 Å². The van der Waals surface area contributed by atoms with Crippen LogP contribution in [-0.4, -0.2) is 35.7 Å². The van der Waals surface area contributed by atoms with E-state index in [1.807, 2.05) is 13.1 Å². The van der Waals surface area contributed by atoms with Crippen LogP contribution in [0, 0.1) is 0 Å². The van der Waals surface area contributed by atoms with Gasteiger partial charge in [-0.1, -0.05) is 19.1 Å². The maximum absolute atomic E-state index is 11.6. The van der Waals surface area contributed by atoms with Crippen LogP contribution in [0.1, 0.15) is 31.5 Å². The van der Waals surface area contributed by atoms with Gasteiger partial charge in [-0.05, 0) is 37.0 Å². The number of rotatable bonds is 3. The Morgan fingerprint density at radius 2 is 2.26 bits per heavy atom. The lowest BCUT2D eigenvalue weighted by atomic mass is 10.0. The molecule has 0 saturated heterocycles. The van der Waals surface area contributed by atoms with Gasteiger partial charge < -0.3 is 9.64 Å². The summed E-state index contributed by atoms with van der Waals surface area (Å²) in [6.45, 7) is 5.66. The Hall–Kier alpha value is -1.84. The first-order valence-electron chi connectivity index (χ1n) is 6.80. The van der Waals surface area contributed by atoms with Crippen LogP contribution in [0.3, 0.4) is 0 Å². The number of hydrogen-bond acceptors (Lipinski definition) is 3. The van der Waals surface area contributed by atoms with Crippen LogP contribution < -0.4 is 0 Å². The Morgan fingerprint density at radius 3 is 2.79 bits per heavy atom. The number of ether oxygens (including phenoxy) is 1. The molecule has 1 aliphatic rings. The lowest BCUT2D eigenvalue weighted by molar-refractivity contribution is 0.111. The number of aromatic nitrogens is 1. The van der Waals surface area contributed by atoms with Crippen LogP contribution in [-0.2, 0) is 11.2 Å². The van der Waals surface area contributed by atoms with Gasteiger partial charge in [-0.2, -0.15) is 0 Å². The van der Waals surface area contributed by atoms with Crippen LogP contribution >= 0.6 is 0 Å². The summed E-state index contributed by atoms with van der Waals surface area (Å²) in [5.74, 6) is 0. The molecule has 1 amide bonds. The maximum atomic E-state index is 11.6. The van der Waals surface area contributed by atoms with Crippen LogP contribution in [0.2, 0.25) is 0 Å². The summed E-state index contributed by atoms with van der Waals surface area (Å²) in [5.41, 5.74) is 3.47. The van der Waals surface area contributed by atoms with E-state index in [2.05, 4.69) is 30.1 Å². The molecule has 2 heterocycles. The molecular weight excluding hydrogens is 240 g/mol. The molecule has 1 aromatic rings. The van der Waals surface area contributed by atoms with Crippen LogP contribution in [0.25, 0.3) is 5.57 Å². The van der Waals surface area contributed by atoms with Crippen molar-refractivity contribution >= 4 is 11.7 Å². The Morgan fingerprint density at radius 1 is 1.42 bits per heavy atom. The quantitative estimate of drug-likeness (QED) is 0.839. The highest BCUT2D eigenvalue weighted by Gasteiger charge is 2.18. The maximum Gasteiger partial charge on any atom is 0.410 e. The predicted molar refractivity (Wildman–Crippen MR) is 74.8 cm³/mol. The molecule has 0 radical (unpaired) electrons. The average Bonchev–Trinajstić information content (AvgIpc) is 2.48. The van der Waals surface area contributed by atoms with Gasteiger partial charge in [0.25, 0.3) is 0 Å². The second kappa shape index (κ2) is 6.36. The van der Waals surface area contributed by atoms with E-state index in [-0.39, 0.29) is 6.09 Å². The molecule has 1 aromatic heterocycles. The van der Waals surface area contributed by atoms with E-state index in [4.69, 9.17) is 4.74 Å². The molecule has 0 aliphatic carbocycles. The first-order valence-corrected chi connectivity index (χ1v) is 6.80. The van der Waals surface area contributed by atoms with Gasteiger partial charge in [0.15, 0.2) is 0 Å². The van der Waals surface area contributed by atoms with Gasteiger partial charge >= 0.3 is 6.09 Å². The van der Waals surface area contributed by atoms with Gasteiger partial charge in [0.1, 0.15) is 0 Å². The third kappa shape index (κ3) is 3.34. The van der Waals surface area contributed by atoms with Gasteiger partial charge in [-0.25, -0.2) is 4.79 Å². The molecule has 4 heteroatoms. The van der Waals surface area contributed by atoms with Crippen LogP contribution in [0.15, 0.2) is 24.4 Å². The van der Waals surface area contributed by atoms with E-state index in [0.29, 0.717) is 19.7 Å². The average molecular weight is 260 g/mol. The minimum atomic E-state index is -0.230. The summed E-state index contributed by atoms with van der Waals surface area (Å²) < 4.78 is 4.99. The first kappa shape index (κ1) is 13.6. The molecule has 0 N–H and O–H groups in total. The SMILES string of the molecule is CCOC(=O)N1CC=C(c2ccc(CC)cn2)CC1. The van der Waals surface area contributed by atoms with E-state index in [1.54, 1.807) is 4.90 Å². The Kier molecular flexibility index (Phi) is 4.55. The zero-order chi connectivity index (χ0) is 13.7. The van der Waals surface area contributed by atoms with Crippen molar-refractivity contribution in [1.82, 2.24) is 9.88 Å². The van der Waals surface area contributed by atoms with Crippen LogP contribution in [0.4, 0.5) is 4.79 Å². The highest BCUT2D eigenvalue weighted by Crippen LogP contribution is 2.21. The number of pyridine rings is 1. The summed E-state index contributed by atoms with van der Waals surface area (Å²) >= 11 is 0. The monoisotopic (exact) mass is 260 g/mol. The number of hydrogen-bond donors (Lipinski definition) is 0. The minimum absolute atomic E-state index is 0.230. The zero-order valence-corrected chi connectivity index (χ0v) is 11.6. The molecular formula is C15H20N2O2. The molecule has 0 bridgehead atoms. The summed E-state index contributed by atoms with van der Waals surface area (Å²) in [4.78, 5) is 17.8. The van der Waals surface area contributed by atoms with Gasteiger partial charge in [-0.15, -0.1) is 0 Å². The largest absolute Gasteiger partial charge is 0.450 e. The van der Waals surface area contributed by atoms with Crippen molar-refractivity contribution in [3.63, 3.8) is 0 Å². The number of carbonyl (C=O) groups excluding carboxylic acids is 1. The third-order valence-corrected chi connectivity index (χ3v) is 3.30. The second-order valence-electron chi connectivity index (χ2n) is 4.53. The van der Waals surface area contributed by atoms with Gasteiger partial charge in [-0.3, -0.25) is 4.98 Å². The zero-order valence-electron chi connectivity index (χ0n) is 11.6. The second-order valence-corrected chi connectivity index (χ2v) is 4.53. The highest BCUT2D eigenvalue weighted by atomic mass is 16.6. The van der Waals surface area contributed by atoms with Crippen molar-refractivity contribution in [1.29, 1.82) is 0 Å². The molecule has 19 heavy (non-hydrogen) atoms. The fourth-order valence-electron chi connectivity index (χ4n) is 2.11. The Balaban J connectivity index is 2.01. The lowest BCUT2D eigenvalue weighted by Crippen LogP contribution is -2.35. The standard InChI is InChI=1S/C15H20N2O2/c1-3-12-5-6-14(16-11-12)13-7-9-17(10-8-13)15(18)19-4-2/h5-7,11H,3-4,8-10H2,1-2H3. The molecule has 0 aromatic carbocycles. The summed E-state index contributed by atoms with van der Waals surface area (Å²) in [6, 6.07) is 4.17. The van der Waals surface area contributed by atoms with E-state index in [1.165, 1.54) is 11.1 Å². The number of nitrogens with zero attached hydrogens (tertiary/aromatic N) is 2. The van der Waals surface area contributed by atoms with E-state index in [9.17, 15) is 4.79 Å². The lowest BCUT2D eigenvalue weighted by Gasteiger charge is -2.25. The normalized spacial score (nSPS) is 15.1. The number of carbonyl (C=O) groups is 1.